The van der Waals surface area contributed by atoms with Crippen molar-refractivity contribution in [2.75, 3.05) is 31.3 Å². The molecule has 27 heavy (non-hydrogen) atoms. The summed E-state index contributed by atoms with van der Waals surface area (Å²) >= 11 is 6.92. The molecule has 1 aromatic carbocycles. The van der Waals surface area contributed by atoms with Crippen molar-refractivity contribution in [1.29, 1.82) is 0 Å². The van der Waals surface area contributed by atoms with Gasteiger partial charge in [-0.05, 0) is 62.7 Å². The zero-order valence-electron chi connectivity index (χ0n) is 15.7. The molecular formula is C19H21N3O3S2. The van der Waals surface area contributed by atoms with Crippen LogP contribution < -0.4 is 9.64 Å². The number of nitrogens with zero attached hydrogens (tertiary/aromatic N) is 3. The van der Waals surface area contributed by atoms with E-state index in [9.17, 15) is 9.59 Å². The highest BCUT2D eigenvalue weighted by Crippen LogP contribution is 2.40. The standard InChI is InChI=1S/C19H21N3O3S2/c1-5-21-17(23)13(18(24)22(6-2)19(21)26)8-10-16-20(3)14-11-12(27-4)7-9-15(14)25-16/h7-11H,5-6H2,1-4H3/b16-10-. The van der Waals surface area contributed by atoms with Gasteiger partial charge in [-0.25, -0.2) is 0 Å². The predicted octanol–water partition coefficient (Wildman–Crippen LogP) is 3.00. The molecule has 0 aliphatic carbocycles. The van der Waals surface area contributed by atoms with Crippen LogP contribution in [0.25, 0.3) is 0 Å². The Hall–Kier alpha value is -2.32. The molecule has 6 nitrogen and oxygen atoms in total. The first-order valence-corrected chi connectivity index (χ1v) is 10.3. The number of amides is 2. The molecule has 2 aliphatic heterocycles. The van der Waals surface area contributed by atoms with E-state index in [1.165, 1.54) is 15.9 Å². The number of fused-ring (bicyclic) bond motifs is 1. The summed E-state index contributed by atoms with van der Waals surface area (Å²) < 4.78 is 5.87. The molecule has 0 spiro atoms. The number of thiocarbonyl (C=S) groups is 1. The fourth-order valence-electron chi connectivity index (χ4n) is 2.97. The number of hydrogen-bond donors (Lipinski definition) is 0. The molecule has 0 bridgehead atoms. The molecule has 0 radical (unpaired) electrons. The van der Waals surface area contributed by atoms with Gasteiger partial charge in [-0.2, -0.15) is 0 Å². The average Bonchev–Trinajstić information content (AvgIpc) is 2.97. The molecule has 0 saturated carbocycles. The van der Waals surface area contributed by atoms with Crippen LogP contribution in [0.3, 0.4) is 0 Å². The van der Waals surface area contributed by atoms with Crippen LogP contribution in [0.4, 0.5) is 5.69 Å². The number of carbonyl (C=O) groups excluding carboxylic acids is 2. The van der Waals surface area contributed by atoms with Gasteiger partial charge in [0.1, 0.15) is 5.57 Å². The number of hydrogen-bond acceptors (Lipinski definition) is 6. The average molecular weight is 404 g/mol. The summed E-state index contributed by atoms with van der Waals surface area (Å²) in [6, 6.07) is 5.95. The smallest absolute Gasteiger partial charge is 0.265 e. The highest BCUT2D eigenvalue weighted by molar-refractivity contribution is 7.98. The molecule has 0 aromatic heterocycles. The van der Waals surface area contributed by atoms with Crippen LogP contribution in [0.5, 0.6) is 5.75 Å². The minimum absolute atomic E-state index is 0.0811. The molecular weight excluding hydrogens is 382 g/mol. The van der Waals surface area contributed by atoms with Gasteiger partial charge in [-0.1, -0.05) is 0 Å². The molecule has 0 N–H and O–H groups in total. The Labute approximate surface area is 168 Å². The summed E-state index contributed by atoms with van der Waals surface area (Å²) in [5, 5.41) is 0.256. The van der Waals surface area contributed by atoms with Crippen molar-refractivity contribution in [1.82, 2.24) is 9.80 Å². The molecule has 2 heterocycles. The minimum Gasteiger partial charge on any atom is -0.439 e. The molecule has 0 unspecified atom stereocenters. The van der Waals surface area contributed by atoms with Gasteiger partial charge in [0.05, 0.1) is 5.69 Å². The maximum atomic E-state index is 12.7. The fraction of sp³-hybridized carbons (Fsp3) is 0.316. The van der Waals surface area contributed by atoms with Gasteiger partial charge < -0.3 is 9.64 Å². The van der Waals surface area contributed by atoms with Gasteiger partial charge >= 0.3 is 0 Å². The van der Waals surface area contributed by atoms with Gasteiger partial charge in [0.15, 0.2) is 16.7 Å². The van der Waals surface area contributed by atoms with E-state index in [0.29, 0.717) is 19.0 Å². The lowest BCUT2D eigenvalue weighted by Crippen LogP contribution is -2.55. The monoisotopic (exact) mass is 403 g/mol. The first-order valence-electron chi connectivity index (χ1n) is 8.62. The second-order valence-corrected chi connectivity index (χ2v) is 7.21. The summed E-state index contributed by atoms with van der Waals surface area (Å²) in [5.41, 5.74) is 1.02. The van der Waals surface area contributed by atoms with Crippen molar-refractivity contribution >= 4 is 46.6 Å². The Morgan fingerprint density at radius 1 is 1.11 bits per heavy atom. The van der Waals surface area contributed by atoms with Crippen molar-refractivity contribution in [2.45, 2.75) is 18.7 Å². The topological polar surface area (TPSA) is 53.1 Å². The molecule has 0 atom stereocenters. The molecule has 3 rings (SSSR count). The van der Waals surface area contributed by atoms with E-state index in [0.717, 1.165) is 16.3 Å². The summed E-state index contributed by atoms with van der Waals surface area (Å²) in [6.45, 7) is 4.48. The lowest BCUT2D eigenvalue weighted by atomic mass is 10.1. The molecule has 142 valence electrons. The SMILES string of the molecule is CCN1C(=O)C(=C/C=C2\Oc3ccc(SC)cc3N2C)C(=O)N(CC)C1=S. The van der Waals surface area contributed by atoms with Gasteiger partial charge in [-0.15, -0.1) is 11.8 Å². The molecule has 8 heteroatoms. The highest BCUT2D eigenvalue weighted by atomic mass is 32.2. The largest absolute Gasteiger partial charge is 0.439 e. The van der Waals surface area contributed by atoms with Crippen LogP contribution in [-0.2, 0) is 9.59 Å². The molecule has 1 saturated heterocycles. The second kappa shape index (κ2) is 7.74. The zero-order valence-corrected chi connectivity index (χ0v) is 17.3. The quantitative estimate of drug-likeness (QED) is 0.333. The Kier molecular flexibility index (Phi) is 5.57. The van der Waals surface area contributed by atoms with Crippen LogP contribution in [0.1, 0.15) is 13.8 Å². The van der Waals surface area contributed by atoms with Crippen LogP contribution in [0, 0.1) is 0 Å². The first-order chi connectivity index (χ1) is 12.9. The molecule has 1 aromatic rings. The second-order valence-electron chi connectivity index (χ2n) is 5.96. The van der Waals surface area contributed by atoms with Gasteiger partial charge in [0, 0.05) is 25.0 Å². The van der Waals surface area contributed by atoms with Crippen molar-refractivity contribution in [2.24, 2.45) is 0 Å². The lowest BCUT2D eigenvalue weighted by molar-refractivity contribution is -0.133. The lowest BCUT2D eigenvalue weighted by Gasteiger charge is -2.35. The Balaban J connectivity index is 1.93. The predicted molar refractivity (Wildman–Crippen MR) is 111 cm³/mol. The van der Waals surface area contributed by atoms with E-state index in [4.69, 9.17) is 17.0 Å². The maximum Gasteiger partial charge on any atom is 0.265 e. The van der Waals surface area contributed by atoms with Crippen molar-refractivity contribution in [3.05, 3.63) is 41.8 Å². The maximum absolute atomic E-state index is 12.7. The van der Waals surface area contributed by atoms with Crippen molar-refractivity contribution in [3.8, 4) is 5.75 Å². The third kappa shape index (κ3) is 3.35. The van der Waals surface area contributed by atoms with Crippen LogP contribution >= 0.6 is 24.0 Å². The Morgan fingerprint density at radius 2 is 1.74 bits per heavy atom. The number of rotatable bonds is 4. The number of allylic oxidation sites excluding steroid dienone is 2. The Bertz CT molecular complexity index is 851. The van der Waals surface area contributed by atoms with E-state index in [1.807, 2.05) is 50.2 Å². The molecule has 2 amide bonds. The van der Waals surface area contributed by atoms with Crippen LogP contribution in [-0.4, -0.2) is 53.1 Å². The van der Waals surface area contributed by atoms with E-state index in [-0.39, 0.29) is 22.5 Å². The summed E-state index contributed by atoms with van der Waals surface area (Å²) in [4.78, 5) is 31.2. The first kappa shape index (κ1) is 19.4. The Morgan fingerprint density at radius 3 is 2.30 bits per heavy atom. The summed E-state index contributed by atoms with van der Waals surface area (Å²) in [6.07, 6.45) is 5.19. The van der Waals surface area contributed by atoms with Crippen molar-refractivity contribution < 1.29 is 14.3 Å². The van der Waals surface area contributed by atoms with Crippen LogP contribution in [0.15, 0.2) is 46.7 Å². The summed E-state index contributed by atoms with van der Waals surface area (Å²) in [5.74, 6) is 0.539. The van der Waals surface area contributed by atoms with E-state index in [1.54, 1.807) is 17.8 Å². The summed E-state index contributed by atoms with van der Waals surface area (Å²) in [7, 11) is 1.89. The zero-order chi connectivity index (χ0) is 19.7. The van der Waals surface area contributed by atoms with E-state index >= 15 is 0 Å². The third-order valence-electron chi connectivity index (χ3n) is 4.51. The fourth-order valence-corrected chi connectivity index (χ4v) is 3.83. The van der Waals surface area contributed by atoms with Gasteiger partial charge in [0.2, 0.25) is 0 Å². The molecule has 2 aliphatic rings. The number of anilines is 1. The minimum atomic E-state index is -0.378. The number of benzene rings is 1. The highest BCUT2D eigenvalue weighted by Gasteiger charge is 2.37. The number of likely N-dealkylation sites (N-methyl/N-ethyl adjacent to an activating group) is 2. The molecule has 1 fully saturated rings. The van der Waals surface area contributed by atoms with E-state index < -0.39 is 0 Å². The third-order valence-corrected chi connectivity index (χ3v) is 5.68. The number of carbonyl (C=O) groups is 2. The van der Waals surface area contributed by atoms with Gasteiger partial charge in [-0.3, -0.25) is 19.4 Å². The number of ether oxygens (including phenoxy) is 1. The normalized spacial score (nSPS) is 18.4. The van der Waals surface area contributed by atoms with Crippen molar-refractivity contribution in [3.63, 3.8) is 0 Å². The van der Waals surface area contributed by atoms with Gasteiger partial charge in [0.25, 0.3) is 11.8 Å². The van der Waals surface area contributed by atoms with Crippen LogP contribution in [0.2, 0.25) is 0 Å². The van der Waals surface area contributed by atoms with E-state index in [2.05, 4.69) is 0 Å². The number of thioether (sulfide) groups is 1.